The summed E-state index contributed by atoms with van der Waals surface area (Å²) in [6, 6.07) is 26.9. The zero-order valence-corrected chi connectivity index (χ0v) is 19.0. The molecule has 0 radical (unpaired) electrons. The Kier molecular flexibility index (Phi) is 6.45. The van der Waals surface area contributed by atoms with Gasteiger partial charge in [0.25, 0.3) is 0 Å². The van der Waals surface area contributed by atoms with Gasteiger partial charge in [0.1, 0.15) is 18.1 Å². The highest BCUT2D eigenvalue weighted by Gasteiger charge is 2.33. The third kappa shape index (κ3) is 4.68. The van der Waals surface area contributed by atoms with Crippen molar-refractivity contribution >= 4 is 0 Å². The predicted octanol–water partition coefficient (Wildman–Crippen LogP) is 6.36. The van der Waals surface area contributed by atoms with Crippen LogP contribution in [0.25, 0.3) is 0 Å². The van der Waals surface area contributed by atoms with Crippen molar-refractivity contribution in [3.05, 3.63) is 95.1 Å². The minimum atomic E-state index is 0.434. The maximum absolute atomic E-state index is 6.00. The van der Waals surface area contributed by atoms with E-state index in [9.17, 15) is 0 Å². The van der Waals surface area contributed by atoms with Gasteiger partial charge in [0.05, 0.1) is 7.11 Å². The summed E-state index contributed by atoms with van der Waals surface area (Å²) in [6.45, 7) is 1.75. The first-order valence-corrected chi connectivity index (χ1v) is 12.0. The Balaban J connectivity index is 1.33. The van der Waals surface area contributed by atoms with Crippen LogP contribution in [-0.2, 0) is 19.4 Å². The van der Waals surface area contributed by atoms with Crippen LogP contribution >= 0.6 is 0 Å². The fraction of sp³-hybridized carbons (Fsp3) is 0.379. The number of benzene rings is 3. The van der Waals surface area contributed by atoms with E-state index in [2.05, 4.69) is 71.6 Å². The minimum Gasteiger partial charge on any atom is -0.497 e. The summed E-state index contributed by atoms with van der Waals surface area (Å²) < 4.78 is 11.5. The molecule has 1 unspecified atom stereocenters. The Morgan fingerprint density at radius 1 is 0.844 bits per heavy atom. The van der Waals surface area contributed by atoms with Crippen LogP contribution in [0.1, 0.15) is 54.0 Å². The molecule has 1 heterocycles. The molecule has 3 aromatic rings. The van der Waals surface area contributed by atoms with E-state index in [1.807, 2.05) is 6.07 Å². The maximum atomic E-state index is 6.00. The Morgan fingerprint density at radius 2 is 1.59 bits per heavy atom. The molecule has 32 heavy (non-hydrogen) atoms. The van der Waals surface area contributed by atoms with Crippen molar-refractivity contribution in [2.24, 2.45) is 0 Å². The first kappa shape index (κ1) is 21.1. The van der Waals surface area contributed by atoms with Gasteiger partial charge < -0.3 is 9.47 Å². The minimum absolute atomic E-state index is 0.434. The third-order valence-corrected chi connectivity index (χ3v) is 7.14. The van der Waals surface area contributed by atoms with Crippen LogP contribution in [0.5, 0.6) is 11.5 Å². The normalized spacial score (nSPS) is 19.0. The molecule has 3 aromatic carbocycles. The molecule has 3 nitrogen and oxygen atoms in total. The van der Waals surface area contributed by atoms with Crippen molar-refractivity contribution in [2.75, 3.05) is 13.7 Å². The van der Waals surface area contributed by atoms with Gasteiger partial charge in [-0.05, 0) is 72.2 Å². The second-order valence-electron chi connectivity index (χ2n) is 9.13. The molecule has 0 saturated heterocycles. The van der Waals surface area contributed by atoms with E-state index in [0.29, 0.717) is 12.6 Å². The van der Waals surface area contributed by atoms with Crippen molar-refractivity contribution < 1.29 is 9.47 Å². The van der Waals surface area contributed by atoms with E-state index < -0.39 is 0 Å². The molecule has 1 aliphatic carbocycles. The summed E-state index contributed by atoms with van der Waals surface area (Å²) in [5.74, 6) is 1.90. The molecule has 5 rings (SSSR count). The highest BCUT2D eigenvalue weighted by atomic mass is 16.5. The van der Waals surface area contributed by atoms with E-state index >= 15 is 0 Å². The second-order valence-corrected chi connectivity index (χ2v) is 9.13. The largest absolute Gasteiger partial charge is 0.497 e. The fourth-order valence-electron chi connectivity index (χ4n) is 5.42. The molecule has 1 fully saturated rings. The van der Waals surface area contributed by atoms with Crippen LogP contribution in [-0.4, -0.2) is 24.6 Å². The van der Waals surface area contributed by atoms with Crippen molar-refractivity contribution in [1.29, 1.82) is 0 Å². The number of ether oxygens (including phenoxy) is 2. The zero-order valence-electron chi connectivity index (χ0n) is 19.0. The summed E-state index contributed by atoms with van der Waals surface area (Å²) in [7, 11) is 1.76. The highest BCUT2D eigenvalue weighted by Crippen LogP contribution is 2.39. The van der Waals surface area contributed by atoms with E-state index in [1.165, 1.54) is 47.9 Å². The molecule has 0 aromatic heterocycles. The predicted molar refractivity (Wildman–Crippen MR) is 129 cm³/mol. The van der Waals surface area contributed by atoms with Crippen LogP contribution in [0.3, 0.4) is 0 Å². The topological polar surface area (TPSA) is 21.7 Å². The van der Waals surface area contributed by atoms with Crippen LogP contribution < -0.4 is 9.47 Å². The lowest BCUT2D eigenvalue weighted by atomic mass is 9.87. The number of hydrogen-bond donors (Lipinski definition) is 0. The Bertz CT molecular complexity index is 1010. The number of fused-ring (bicyclic) bond motifs is 1. The van der Waals surface area contributed by atoms with Gasteiger partial charge in [0.2, 0.25) is 0 Å². The van der Waals surface area contributed by atoms with Gasteiger partial charge >= 0.3 is 0 Å². The summed E-state index contributed by atoms with van der Waals surface area (Å²) in [5, 5.41) is 0. The molecule has 0 amide bonds. The first-order chi connectivity index (χ1) is 15.8. The highest BCUT2D eigenvalue weighted by molar-refractivity contribution is 5.40. The molecule has 2 aliphatic rings. The van der Waals surface area contributed by atoms with E-state index in [4.69, 9.17) is 9.47 Å². The van der Waals surface area contributed by atoms with E-state index in [-0.39, 0.29) is 0 Å². The molecule has 0 bridgehead atoms. The monoisotopic (exact) mass is 427 g/mol. The van der Waals surface area contributed by atoms with Gasteiger partial charge in [-0.2, -0.15) is 0 Å². The van der Waals surface area contributed by atoms with Gasteiger partial charge in [0.15, 0.2) is 0 Å². The van der Waals surface area contributed by atoms with Gasteiger partial charge in [-0.1, -0.05) is 61.4 Å². The van der Waals surface area contributed by atoms with Crippen molar-refractivity contribution in [3.8, 4) is 11.5 Å². The molecule has 3 heteroatoms. The fourth-order valence-corrected chi connectivity index (χ4v) is 5.42. The van der Waals surface area contributed by atoms with Crippen molar-refractivity contribution in [1.82, 2.24) is 4.90 Å². The number of hydrogen-bond acceptors (Lipinski definition) is 3. The molecule has 1 saturated carbocycles. The molecule has 1 atom stereocenters. The Morgan fingerprint density at radius 3 is 2.34 bits per heavy atom. The lowest BCUT2D eigenvalue weighted by Crippen LogP contribution is -2.42. The van der Waals surface area contributed by atoms with Gasteiger partial charge in [-0.3, -0.25) is 4.90 Å². The van der Waals surface area contributed by atoms with Crippen LogP contribution in [0, 0.1) is 0 Å². The zero-order chi connectivity index (χ0) is 21.8. The maximum Gasteiger partial charge on any atom is 0.119 e. The quantitative estimate of drug-likeness (QED) is 0.438. The van der Waals surface area contributed by atoms with Crippen molar-refractivity contribution in [3.63, 3.8) is 0 Å². The van der Waals surface area contributed by atoms with Crippen LogP contribution in [0.15, 0.2) is 72.8 Å². The molecule has 0 N–H and O–H groups in total. The van der Waals surface area contributed by atoms with Gasteiger partial charge in [0, 0.05) is 18.6 Å². The van der Waals surface area contributed by atoms with Gasteiger partial charge in [-0.15, -0.1) is 0 Å². The van der Waals surface area contributed by atoms with E-state index in [0.717, 1.165) is 36.9 Å². The molecule has 0 spiro atoms. The molecular weight excluding hydrogens is 394 g/mol. The number of rotatable bonds is 7. The Hall–Kier alpha value is -2.78. The van der Waals surface area contributed by atoms with Gasteiger partial charge in [-0.25, -0.2) is 0 Å². The second kappa shape index (κ2) is 9.79. The standard InChI is InChI=1S/C29H33NO2/c1-31-27-15-16-28-24(20-27)17-18-30(25-9-5-6-10-25)29(28)19-22-11-13-26(14-12-22)32-21-23-7-3-2-4-8-23/h2-4,7-8,11-16,20,25,29H,5-6,9-10,17-19,21H2,1H3. The third-order valence-electron chi connectivity index (χ3n) is 7.14. The SMILES string of the molecule is COc1ccc2c(c1)CCN(C1CCCC1)C2Cc1ccc(OCc2ccccc2)cc1. The van der Waals surface area contributed by atoms with Crippen LogP contribution in [0.4, 0.5) is 0 Å². The molecular formula is C29H33NO2. The lowest BCUT2D eigenvalue weighted by molar-refractivity contribution is 0.124. The average Bonchev–Trinajstić information content (AvgIpc) is 3.39. The average molecular weight is 428 g/mol. The Labute approximate surface area is 192 Å². The van der Waals surface area contributed by atoms with E-state index in [1.54, 1.807) is 7.11 Å². The molecule has 1 aliphatic heterocycles. The lowest BCUT2D eigenvalue weighted by Gasteiger charge is -2.41. The first-order valence-electron chi connectivity index (χ1n) is 12.0. The summed E-state index contributed by atoms with van der Waals surface area (Å²) >= 11 is 0. The van der Waals surface area contributed by atoms with Crippen LogP contribution in [0.2, 0.25) is 0 Å². The summed E-state index contributed by atoms with van der Waals surface area (Å²) in [4.78, 5) is 2.79. The summed E-state index contributed by atoms with van der Waals surface area (Å²) in [5.41, 5.74) is 5.49. The number of nitrogens with zero attached hydrogens (tertiary/aromatic N) is 1. The molecule has 166 valence electrons. The smallest absolute Gasteiger partial charge is 0.119 e. The summed E-state index contributed by atoms with van der Waals surface area (Å²) in [6.07, 6.45) is 7.58. The van der Waals surface area contributed by atoms with Crippen molar-refractivity contribution in [2.45, 2.75) is 57.2 Å². The number of methoxy groups -OCH3 is 1.